The van der Waals surface area contributed by atoms with Crippen molar-refractivity contribution in [2.75, 3.05) is 7.11 Å². The van der Waals surface area contributed by atoms with Gasteiger partial charge in [0.15, 0.2) is 6.10 Å². The van der Waals surface area contributed by atoms with E-state index in [1.165, 1.54) is 5.06 Å². The highest BCUT2D eigenvalue weighted by molar-refractivity contribution is 5.74. The molecule has 7 heteroatoms. The summed E-state index contributed by atoms with van der Waals surface area (Å²) < 4.78 is 42.4. The van der Waals surface area contributed by atoms with Gasteiger partial charge in [-0.1, -0.05) is 0 Å². The SMILES string of the molecule is COC(=O)C(CC(F)(F)F)ON1C(C)(C)CCCC1(C)C. The van der Waals surface area contributed by atoms with Crippen molar-refractivity contribution in [1.29, 1.82) is 0 Å². The van der Waals surface area contributed by atoms with Gasteiger partial charge in [-0.05, 0) is 47.0 Å². The van der Waals surface area contributed by atoms with Crippen molar-refractivity contribution in [1.82, 2.24) is 5.06 Å². The fourth-order valence-corrected chi connectivity index (χ4v) is 2.89. The largest absolute Gasteiger partial charge is 0.467 e. The fraction of sp³-hybridized carbons (Fsp3) is 0.929. The molecular weight excluding hydrogens is 287 g/mol. The molecule has 4 nitrogen and oxygen atoms in total. The van der Waals surface area contributed by atoms with E-state index in [1.807, 2.05) is 27.7 Å². The van der Waals surface area contributed by atoms with Gasteiger partial charge >= 0.3 is 12.1 Å². The standard InChI is InChI=1S/C14H24F3NO3/c1-12(2)7-6-8-13(3,4)18(12)21-10(11(19)20-5)9-14(15,16)17/h10H,6-9H2,1-5H3. The molecule has 1 atom stereocenters. The Balaban J connectivity index is 2.96. The van der Waals surface area contributed by atoms with Crippen LogP contribution in [0.4, 0.5) is 13.2 Å². The third-order valence-corrected chi connectivity index (χ3v) is 3.79. The number of alkyl halides is 3. The average Bonchev–Trinajstić information content (AvgIpc) is 2.29. The number of esters is 1. The van der Waals surface area contributed by atoms with E-state index in [1.54, 1.807) is 0 Å². The summed E-state index contributed by atoms with van der Waals surface area (Å²) in [6, 6.07) is 0. The molecule has 0 amide bonds. The zero-order chi connectivity index (χ0) is 16.5. The molecule has 0 radical (unpaired) electrons. The third-order valence-electron chi connectivity index (χ3n) is 3.79. The van der Waals surface area contributed by atoms with Gasteiger partial charge in [-0.15, -0.1) is 0 Å². The molecule has 1 saturated heterocycles. The molecule has 1 rings (SSSR count). The molecule has 0 bridgehead atoms. The lowest BCUT2D eigenvalue weighted by Crippen LogP contribution is -2.60. The molecule has 0 aromatic rings. The van der Waals surface area contributed by atoms with Crippen LogP contribution in [0.2, 0.25) is 0 Å². The zero-order valence-corrected chi connectivity index (χ0v) is 13.2. The summed E-state index contributed by atoms with van der Waals surface area (Å²) >= 11 is 0. The second-order valence-corrected chi connectivity index (χ2v) is 6.71. The molecular formula is C14H24F3NO3. The number of piperidine rings is 1. The van der Waals surface area contributed by atoms with E-state index in [0.717, 1.165) is 26.4 Å². The van der Waals surface area contributed by atoms with Crippen molar-refractivity contribution < 1.29 is 27.5 Å². The number of nitrogens with zero attached hydrogens (tertiary/aromatic N) is 1. The Labute approximate surface area is 123 Å². The maximum Gasteiger partial charge on any atom is 0.392 e. The topological polar surface area (TPSA) is 38.8 Å². The molecule has 0 N–H and O–H groups in total. The van der Waals surface area contributed by atoms with Crippen LogP contribution < -0.4 is 0 Å². The molecule has 1 aliphatic rings. The van der Waals surface area contributed by atoms with Crippen LogP contribution in [0.5, 0.6) is 0 Å². The lowest BCUT2D eigenvalue weighted by molar-refractivity contribution is -0.313. The first-order chi connectivity index (χ1) is 9.39. The number of hydrogen-bond acceptors (Lipinski definition) is 4. The number of carbonyl (C=O) groups excluding carboxylic acids is 1. The summed E-state index contributed by atoms with van der Waals surface area (Å²) in [5, 5.41) is 1.54. The Morgan fingerprint density at radius 3 is 2.05 bits per heavy atom. The quantitative estimate of drug-likeness (QED) is 0.745. The molecule has 0 aromatic heterocycles. The Kier molecular flexibility index (Phi) is 5.31. The van der Waals surface area contributed by atoms with Gasteiger partial charge in [0.1, 0.15) is 0 Å². The molecule has 1 fully saturated rings. The van der Waals surface area contributed by atoms with Crippen LogP contribution in [0, 0.1) is 0 Å². The Morgan fingerprint density at radius 1 is 1.19 bits per heavy atom. The van der Waals surface area contributed by atoms with E-state index in [9.17, 15) is 18.0 Å². The second-order valence-electron chi connectivity index (χ2n) is 6.71. The van der Waals surface area contributed by atoms with E-state index in [4.69, 9.17) is 4.84 Å². The molecule has 1 unspecified atom stereocenters. The van der Waals surface area contributed by atoms with Crippen molar-refractivity contribution in [3.63, 3.8) is 0 Å². The minimum atomic E-state index is -4.50. The summed E-state index contributed by atoms with van der Waals surface area (Å²) in [5.74, 6) is -1.01. The predicted molar refractivity (Wildman–Crippen MR) is 71.4 cm³/mol. The van der Waals surface area contributed by atoms with Crippen molar-refractivity contribution in [2.24, 2.45) is 0 Å². The maximum atomic E-state index is 12.6. The fourth-order valence-electron chi connectivity index (χ4n) is 2.89. The minimum absolute atomic E-state index is 0.445. The highest BCUT2D eigenvalue weighted by atomic mass is 19.4. The summed E-state index contributed by atoms with van der Waals surface area (Å²) in [6.07, 6.45) is -4.99. The zero-order valence-electron chi connectivity index (χ0n) is 13.2. The Hall–Kier alpha value is -0.820. The lowest BCUT2D eigenvalue weighted by atomic mass is 9.82. The third kappa shape index (κ3) is 4.85. The molecule has 21 heavy (non-hydrogen) atoms. The van der Waals surface area contributed by atoms with Gasteiger partial charge in [-0.25, -0.2) is 4.79 Å². The van der Waals surface area contributed by atoms with E-state index >= 15 is 0 Å². The number of rotatable bonds is 4. The highest BCUT2D eigenvalue weighted by Crippen LogP contribution is 2.39. The van der Waals surface area contributed by atoms with Crippen LogP contribution in [0.3, 0.4) is 0 Å². The molecule has 0 aliphatic carbocycles. The molecule has 1 heterocycles. The second kappa shape index (κ2) is 6.12. The number of ether oxygens (including phenoxy) is 1. The van der Waals surface area contributed by atoms with Gasteiger partial charge in [0.2, 0.25) is 0 Å². The highest BCUT2D eigenvalue weighted by Gasteiger charge is 2.46. The summed E-state index contributed by atoms with van der Waals surface area (Å²) in [5.41, 5.74) is -0.890. The molecule has 0 saturated carbocycles. The summed E-state index contributed by atoms with van der Waals surface area (Å²) in [4.78, 5) is 17.1. The van der Waals surface area contributed by atoms with Crippen LogP contribution in [0.1, 0.15) is 53.4 Å². The first-order valence-corrected chi connectivity index (χ1v) is 7.01. The van der Waals surface area contributed by atoms with Crippen LogP contribution >= 0.6 is 0 Å². The smallest absolute Gasteiger partial charge is 0.392 e. The van der Waals surface area contributed by atoms with Crippen molar-refractivity contribution in [2.45, 2.75) is 76.7 Å². The van der Waals surface area contributed by atoms with Gasteiger partial charge < -0.3 is 4.74 Å². The van der Waals surface area contributed by atoms with Crippen molar-refractivity contribution in [3.8, 4) is 0 Å². The monoisotopic (exact) mass is 311 g/mol. The Bertz CT molecular complexity index is 364. The van der Waals surface area contributed by atoms with Gasteiger partial charge in [0.25, 0.3) is 0 Å². The summed E-state index contributed by atoms with van der Waals surface area (Å²) in [7, 11) is 1.06. The van der Waals surface area contributed by atoms with Gasteiger partial charge in [0.05, 0.1) is 13.5 Å². The van der Waals surface area contributed by atoms with E-state index in [-0.39, 0.29) is 0 Å². The van der Waals surface area contributed by atoms with Gasteiger partial charge in [-0.2, -0.15) is 18.2 Å². The number of halogens is 3. The Morgan fingerprint density at radius 2 is 1.67 bits per heavy atom. The van der Waals surface area contributed by atoms with Gasteiger partial charge in [-0.3, -0.25) is 4.84 Å². The summed E-state index contributed by atoms with van der Waals surface area (Å²) in [6.45, 7) is 7.59. The van der Waals surface area contributed by atoms with E-state index in [2.05, 4.69) is 4.74 Å². The number of methoxy groups -OCH3 is 1. The molecule has 0 aromatic carbocycles. The molecule has 124 valence electrons. The van der Waals surface area contributed by atoms with Crippen LogP contribution in [-0.2, 0) is 14.4 Å². The minimum Gasteiger partial charge on any atom is -0.467 e. The van der Waals surface area contributed by atoms with Crippen LogP contribution in [0.25, 0.3) is 0 Å². The number of carbonyl (C=O) groups is 1. The van der Waals surface area contributed by atoms with Crippen LogP contribution in [0.15, 0.2) is 0 Å². The average molecular weight is 311 g/mol. The van der Waals surface area contributed by atoms with Crippen LogP contribution in [-0.4, -0.2) is 41.5 Å². The van der Waals surface area contributed by atoms with Crippen molar-refractivity contribution >= 4 is 5.97 Å². The maximum absolute atomic E-state index is 12.6. The predicted octanol–water partition coefficient (Wildman–Crippen LogP) is 3.46. The van der Waals surface area contributed by atoms with Crippen molar-refractivity contribution in [3.05, 3.63) is 0 Å². The number of hydrogen-bond donors (Lipinski definition) is 0. The molecule has 0 spiro atoms. The normalized spacial score (nSPS) is 23.6. The first kappa shape index (κ1) is 18.2. The lowest BCUT2D eigenvalue weighted by Gasteiger charge is -2.52. The van der Waals surface area contributed by atoms with E-state index in [0.29, 0.717) is 0 Å². The van der Waals surface area contributed by atoms with Gasteiger partial charge in [0, 0.05) is 11.1 Å². The number of hydroxylamine groups is 2. The first-order valence-electron chi connectivity index (χ1n) is 7.01. The van der Waals surface area contributed by atoms with E-state index < -0.39 is 35.7 Å². The molecule has 1 aliphatic heterocycles.